The number of nitrogens with zero attached hydrogens (tertiary/aromatic N) is 3. The number of imidazole rings is 1. The maximum absolute atomic E-state index is 4.72. The molecule has 2 aromatic heterocycles. The van der Waals surface area contributed by atoms with Gasteiger partial charge in [-0.3, -0.25) is 0 Å². The molecule has 1 fully saturated rings. The molecule has 5 heteroatoms. The van der Waals surface area contributed by atoms with Crippen LogP contribution in [0.25, 0.3) is 11.2 Å². The van der Waals surface area contributed by atoms with Gasteiger partial charge in [0.25, 0.3) is 0 Å². The highest BCUT2D eigenvalue weighted by Gasteiger charge is 2.36. The van der Waals surface area contributed by atoms with Crippen LogP contribution >= 0.6 is 0 Å². The molecule has 3 heterocycles. The third-order valence-electron chi connectivity index (χ3n) is 4.09. The number of pyridine rings is 1. The highest BCUT2D eigenvalue weighted by Crippen LogP contribution is 2.33. The number of nitrogens with one attached hydrogen (secondary N) is 2. The topological polar surface area (TPSA) is 56.8 Å². The Kier molecular flexibility index (Phi) is 2.93. The minimum Gasteiger partial charge on any atom is -0.363 e. The summed E-state index contributed by atoms with van der Waals surface area (Å²) in [6.07, 6.45) is 3.40. The quantitative estimate of drug-likeness (QED) is 0.885. The molecular formula is C14H21N5. The van der Waals surface area contributed by atoms with E-state index in [1.807, 2.05) is 25.1 Å². The highest BCUT2D eigenvalue weighted by molar-refractivity contribution is 5.73. The fourth-order valence-corrected chi connectivity index (χ4v) is 2.84. The monoisotopic (exact) mass is 259 g/mol. The zero-order valence-corrected chi connectivity index (χ0v) is 11.8. The van der Waals surface area contributed by atoms with Crippen molar-refractivity contribution in [1.82, 2.24) is 20.3 Å². The lowest BCUT2D eigenvalue weighted by Crippen LogP contribution is -2.37. The van der Waals surface area contributed by atoms with Crippen molar-refractivity contribution in [3.63, 3.8) is 0 Å². The van der Waals surface area contributed by atoms with Crippen LogP contribution in [0, 0.1) is 0 Å². The molecule has 2 aromatic rings. The number of rotatable bonds is 3. The average molecular weight is 259 g/mol. The summed E-state index contributed by atoms with van der Waals surface area (Å²) in [4.78, 5) is 14.8. The van der Waals surface area contributed by atoms with E-state index in [1.54, 1.807) is 0 Å². The molecule has 0 bridgehead atoms. The van der Waals surface area contributed by atoms with Gasteiger partial charge in [-0.25, -0.2) is 9.97 Å². The first-order valence-electron chi connectivity index (χ1n) is 6.94. The molecule has 1 unspecified atom stereocenters. The molecule has 102 valence electrons. The lowest BCUT2D eigenvalue weighted by molar-refractivity contribution is 0.356. The van der Waals surface area contributed by atoms with Crippen molar-refractivity contribution >= 4 is 17.0 Å². The molecule has 1 saturated heterocycles. The third kappa shape index (κ3) is 1.98. The number of hydrogen-bond acceptors (Lipinski definition) is 4. The number of H-pyrrole nitrogens is 1. The predicted molar refractivity (Wildman–Crippen MR) is 77.4 cm³/mol. The summed E-state index contributed by atoms with van der Waals surface area (Å²) < 4.78 is 0. The van der Waals surface area contributed by atoms with Gasteiger partial charge in [0.2, 0.25) is 0 Å². The largest absolute Gasteiger partial charge is 0.363 e. The van der Waals surface area contributed by atoms with Crippen LogP contribution in [0.5, 0.6) is 0 Å². The molecule has 3 rings (SSSR count). The summed E-state index contributed by atoms with van der Waals surface area (Å²) in [7, 11) is 3.99. The minimum absolute atomic E-state index is 0.0129. The van der Waals surface area contributed by atoms with E-state index in [-0.39, 0.29) is 5.54 Å². The summed E-state index contributed by atoms with van der Waals surface area (Å²) >= 11 is 0. The van der Waals surface area contributed by atoms with Gasteiger partial charge in [0.05, 0.1) is 11.1 Å². The van der Waals surface area contributed by atoms with Crippen molar-refractivity contribution in [3.05, 3.63) is 18.0 Å². The Morgan fingerprint density at radius 2 is 2.16 bits per heavy atom. The van der Waals surface area contributed by atoms with E-state index in [2.05, 4.69) is 28.3 Å². The summed E-state index contributed by atoms with van der Waals surface area (Å²) in [5.74, 6) is 1.97. The van der Waals surface area contributed by atoms with Gasteiger partial charge < -0.3 is 15.2 Å². The van der Waals surface area contributed by atoms with Crippen LogP contribution in [-0.4, -0.2) is 35.6 Å². The Bertz CT molecular complexity index is 581. The smallest absolute Gasteiger partial charge is 0.179 e. The molecular weight excluding hydrogens is 238 g/mol. The van der Waals surface area contributed by atoms with E-state index in [1.165, 1.54) is 6.42 Å². The van der Waals surface area contributed by atoms with Crippen LogP contribution in [0.15, 0.2) is 12.1 Å². The normalized spacial score (nSPS) is 23.1. The van der Waals surface area contributed by atoms with Crippen LogP contribution < -0.4 is 10.2 Å². The standard InChI is InChI=1S/C14H21N5/c1-4-14(8-5-9-15-14)13-16-10-6-7-11(19(2)3)17-12(10)18-13/h6-7,15H,4-5,8-9H2,1-3H3,(H,16,17,18). The Hall–Kier alpha value is -1.62. The van der Waals surface area contributed by atoms with Gasteiger partial charge in [-0.15, -0.1) is 0 Å². The summed E-state index contributed by atoms with van der Waals surface area (Å²) in [5.41, 5.74) is 1.84. The molecule has 1 atom stereocenters. The molecule has 0 amide bonds. The molecule has 1 aliphatic heterocycles. The third-order valence-corrected chi connectivity index (χ3v) is 4.09. The lowest BCUT2D eigenvalue weighted by atomic mass is 9.93. The second-order valence-corrected chi connectivity index (χ2v) is 5.49. The lowest BCUT2D eigenvalue weighted by Gasteiger charge is -2.25. The molecule has 0 aliphatic carbocycles. The number of fused-ring (bicyclic) bond motifs is 1. The summed E-state index contributed by atoms with van der Waals surface area (Å²) in [6.45, 7) is 3.28. The molecule has 1 aliphatic rings. The van der Waals surface area contributed by atoms with Crippen LogP contribution in [-0.2, 0) is 5.54 Å². The number of aromatic nitrogens is 3. The van der Waals surface area contributed by atoms with Gasteiger partial charge in [0.1, 0.15) is 11.6 Å². The van der Waals surface area contributed by atoms with Crippen LogP contribution in [0.3, 0.4) is 0 Å². The van der Waals surface area contributed by atoms with Crippen molar-refractivity contribution in [2.75, 3.05) is 25.5 Å². The molecule has 19 heavy (non-hydrogen) atoms. The summed E-state index contributed by atoms with van der Waals surface area (Å²) in [6, 6.07) is 4.08. The van der Waals surface area contributed by atoms with E-state index in [9.17, 15) is 0 Å². The van der Waals surface area contributed by atoms with E-state index >= 15 is 0 Å². The van der Waals surface area contributed by atoms with Crippen LogP contribution in [0.4, 0.5) is 5.82 Å². The van der Waals surface area contributed by atoms with Crippen molar-refractivity contribution in [3.8, 4) is 0 Å². The SMILES string of the molecule is CCC1(c2nc3nc(N(C)C)ccc3[nH]2)CCCN1. The fourth-order valence-electron chi connectivity index (χ4n) is 2.84. The molecule has 5 nitrogen and oxygen atoms in total. The van der Waals surface area contributed by atoms with E-state index in [4.69, 9.17) is 4.98 Å². The molecule has 0 spiro atoms. The number of hydrogen-bond donors (Lipinski definition) is 2. The first-order valence-corrected chi connectivity index (χ1v) is 6.94. The van der Waals surface area contributed by atoms with Crippen molar-refractivity contribution in [1.29, 1.82) is 0 Å². The first kappa shape index (κ1) is 12.4. The van der Waals surface area contributed by atoms with Crippen LogP contribution in [0.1, 0.15) is 32.0 Å². The van der Waals surface area contributed by atoms with Gasteiger partial charge >= 0.3 is 0 Å². The Labute approximate surface area is 113 Å². The van der Waals surface area contributed by atoms with Crippen molar-refractivity contribution in [2.45, 2.75) is 31.7 Å². The molecule has 0 radical (unpaired) electrons. The Balaban J connectivity index is 2.06. The zero-order valence-electron chi connectivity index (χ0n) is 11.8. The maximum atomic E-state index is 4.72. The molecule has 2 N–H and O–H groups in total. The number of aromatic amines is 1. The van der Waals surface area contributed by atoms with Gasteiger partial charge in [0, 0.05) is 14.1 Å². The van der Waals surface area contributed by atoms with Gasteiger partial charge in [0.15, 0.2) is 5.65 Å². The number of anilines is 1. The van der Waals surface area contributed by atoms with Crippen molar-refractivity contribution < 1.29 is 0 Å². The Morgan fingerprint density at radius 1 is 1.32 bits per heavy atom. The molecule has 0 aromatic carbocycles. The van der Waals surface area contributed by atoms with Gasteiger partial charge in [-0.2, -0.15) is 0 Å². The van der Waals surface area contributed by atoms with Crippen molar-refractivity contribution in [2.24, 2.45) is 0 Å². The fraction of sp³-hybridized carbons (Fsp3) is 0.571. The first-order chi connectivity index (χ1) is 9.14. The zero-order chi connectivity index (χ0) is 13.5. The second kappa shape index (κ2) is 4.49. The predicted octanol–water partition coefficient (Wildman–Crippen LogP) is 2.01. The minimum atomic E-state index is 0.0129. The van der Waals surface area contributed by atoms with Gasteiger partial charge in [-0.1, -0.05) is 6.92 Å². The average Bonchev–Trinajstić information content (AvgIpc) is 3.04. The highest BCUT2D eigenvalue weighted by atomic mass is 15.2. The Morgan fingerprint density at radius 3 is 2.79 bits per heavy atom. The maximum Gasteiger partial charge on any atom is 0.179 e. The van der Waals surface area contributed by atoms with E-state index in [0.29, 0.717) is 0 Å². The summed E-state index contributed by atoms with van der Waals surface area (Å²) in [5, 5.41) is 3.60. The van der Waals surface area contributed by atoms with Gasteiger partial charge in [-0.05, 0) is 37.9 Å². The molecule has 0 saturated carbocycles. The van der Waals surface area contributed by atoms with E-state index in [0.717, 1.165) is 42.2 Å². The second-order valence-electron chi connectivity index (χ2n) is 5.49. The van der Waals surface area contributed by atoms with Crippen LogP contribution in [0.2, 0.25) is 0 Å². The van der Waals surface area contributed by atoms with E-state index < -0.39 is 0 Å².